The number of nitrogens with one attached hydrogen (secondary N) is 1. The van der Waals surface area contributed by atoms with Crippen LogP contribution in [0.4, 0.5) is 14.7 Å². The summed E-state index contributed by atoms with van der Waals surface area (Å²) >= 11 is 0. The summed E-state index contributed by atoms with van der Waals surface area (Å²) in [6.07, 6.45) is 1.03. The molecule has 0 saturated carbocycles. The molecule has 1 N–H and O–H groups in total. The molecule has 0 spiro atoms. The molecule has 0 saturated heterocycles. The Hall–Kier alpha value is -3.10. The maximum atomic E-state index is 12.9. The van der Waals surface area contributed by atoms with Crippen molar-refractivity contribution in [3.05, 3.63) is 63.4 Å². The predicted molar refractivity (Wildman–Crippen MR) is 66.8 cm³/mol. The number of halogens is 2. The Balaban J connectivity index is 2.01. The van der Waals surface area contributed by atoms with Crippen LogP contribution in [0.2, 0.25) is 0 Å². The zero-order valence-corrected chi connectivity index (χ0v) is 10.2. The van der Waals surface area contributed by atoms with Crippen LogP contribution in [0.1, 0.15) is 16.1 Å². The quantitative estimate of drug-likeness (QED) is 0.531. The summed E-state index contributed by atoms with van der Waals surface area (Å²) in [5.41, 5.74) is 1.92. The van der Waals surface area contributed by atoms with Crippen LogP contribution in [-0.4, -0.2) is 17.0 Å². The molecule has 1 aromatic heterocycles. The van der Waals surface area contributed by atoms with Crippen molar-refractivity contribution in [1.82, 2.24) is 5.43 Å². The lowest BCUT2D eigenvalue weighted by Gasteiger charge is -1.99. The highest BCUT2D eigenvalue weighted by atomic mass is 19.2. The van der Waals surface area contributed by atoms with Crippen LogP contribution in [0.5, 0.6) is 0 Å². The van der Waals surface area contributed by atoms with Gasteiger partial charge in [-0.1, -0.05) is 0 Å². The van der Waals surface area contributed by atoms with Crippen LogP contribution in [-0.2, 0) is 0 Å². The summed E-state index contributed by atoms with van der Waals surface area (Å²) in [6, 6.07) is 5.02. The molecule has 0 aliphatic heterocycles. The van der Waals surface area contributed by atoms with E-state index in [4.69, 9.17) is 4.42 Å². The van der Waals surface area contributed by atoms with Gasteiger partial charge in [0.2, 0.25) is 0 Å². The molecular weight excluding hydrogens is 288 g/mol. The molecule has 0 bridgehead atoms. The van der Waals surface area contributed by atoms with Gasteiger partial charge in [-0.25, -0.2) is 14.2 Å². The molecule has 0 radical (unpaired) electrons. The molecule has 108 valence electrons. The average Bonchev–Trinajstić information content (AvgIpc) is 2.91. The second-order valence-corrected chi connectivity index (χ2v) is 3.76. The number of nitro groups is 1. The fraction of sp³-hybridized carbons (Fsp3) is 0. The molecule has 1 aromatic carbocycles. The highest BCUT2D eigenvalue weighted by Crippen LogP contribution is 2.13. The van der Waals surface area contributed by atoms with Crippen molar-refractivity contribution in [2.45, 2.75) is 0 Å². The van der Waals surface area contributed by atoms with Crippen molar-refractivity contribution in [2.75, 3.05) is 0 Å². The van der Waals surface area contributed by atoms with Gasteiger partial charge in [0, 0.05) is 5.56 Å². The van der Waals surface area contributed by atoms with Crippen molar-refractivity contribution in [3.63, 3.8) is 0 Å². The molecule has 1 amide bonds. The lowest BCUT2D eigenvalue weighted by atomic mass is 10.2. The van der Waals surface area contributed by atoms with Crippen molar-refractivity contribution in [2.24, 2.45) is 5.10 Å². The number of rotatable bonds is 4. The second-order valence-electron chi connectivity index (χ2n) is 3.76. The van der Waals surface area contributed by atoms with Crippen LogP contribution in [0.3, 0.4) is 0 Å². The van der Waals surface area contributed by atoms with Crippen LogP contribution in [0.25, 0.3) is 0 Å². The van der Waals surface area contributed by atoms with Gasteiger partial charge in [0.1, 0.15) is 4.92 Å². The third-order valence-corrected chi connectivity index (χ3v) is 2.33. The number of amides is 1. The van der Waals surface area contributed by atoms with Crippen LogP contribution >= 0.6 is 0 Å². The summed E-state index contributed by atoms with van der Waals surface area (Å²) in [7, 11) is 0. The number of nitrogens with zero attached hydrogens (tertiary/aromatic N) is 2. The van der Waals surface area contributed by atoms with Gasteiger partial charge in [0.15, 0.2) is 17.4 Å². The Morgan fingerprint density at radius 2 is 2.05 bits per heavy atom. The summed E-state index contributed by atoms with van der Waals surface area (Å²) in [5, 5.41) is 13.9. The van der Waals surface area contributed by atoms with Crippen LogP contribution in [0, 0.1) is 21.7 Å². The van der Waals surface area contributed by atoms with Gasteiger partial charge in [-0.2, -0.15) is 5.10 Å². The maximum Gasteiger partial charge on any atom is 0.433 e. The topological polar surface area (TPSA) is 97.7 Å². The molecule has 9 heteroatoms. The lowest BCUT2D eigenvalue weighted by molar-refractivity contribution is -0.402. The van der Waals surface area contributed by atoms with Crippen LogP contribution in [0.15, 0.2) is 39.9 Å². The third kappa shape index (κ3) is 3.47. The smallest absolute Gasteiger partial charge is 0.400 e. The Labute approximate surface area is 116 Å². The maximum absolute atomic E-state index is 12.9. The average molecular weight is 295 g/mol. The number of benzene rings is 1. The highest BCUT2D eigenvalue weighted by molar-refractivity contribution is 5.94. The van der Waals surface area contributed by atoms with Gasteiger partial charge in [-0.15, -0.1) is 0 Å². The monoisotopic (exact) mass is 295 g/mol. The Kier molecular flexibility index (Phi) is 4.02. The molecule has 0 unspecified atom stereocenters. The van der Waals surface area contributed by atoms with Gasteiger partial charge in [-0.05, 0) is 24.3 Å². The Morgan fingerprint density at radius 1 is 1.29 bits per heavy atom. The normalized spacial score (nSPS) is 10.8. The molecule has 1 heterocycles. The van der Waals surface area contributed by atoms with Crippen molar-refractivity contribution >= 4 is 18.0 Å². The minimum Gasteiger partial charge on any atom is -0.400 e. The van der Waals surface area contributed by atoms with Crippen molar-refractivity contribution in [3.8, 4) is 0 Å². The van der Waals surface area contributed by atoms with Crippen LogP contribution < -0.4 is 5.43 Å². The zero-order chi connectivity index (χ0) is 15.4. The zero-order valence-electron chi connectivity index (χ0n) is 10.2. The van der Waals surface area contributed by atoms with Gasteiger partial charge in [0.05, 0.1) is 12.3 Å². The number of hydrogen-bond donors (Lipinski definition) is 1. The van der Waals surface area contributed by atoms with Gasteiger partial charge >= 0.3 is 5.88 Å². The van der Waals surface area contributed by atoms with Gasteiger partial charge < -0.3 is 4.42 Å². The SMILES string of the molecule is O=C(NN=Cc1ccc([N+](=O)[O-])o1)c1ccc(F)c(F)c1. The van der Waals surface area contributed by atoms with Gasteiger partial charge in [-0.3, -0.25) is 14.9 Å². The predicted octanol–water partition coefficient (Wildman–Crippen LogP) is 2.23. The number of carbonyl (C=O) groups is 1. The summed E-state index contributed by atoms with van der Waals surface area (Å²) in [4.78, 5) is 21.2. The Bertz CT molecular complexity index is 727. The number of carbonyl (C=O) groups excluding carboxylic acids is 1. The molecule has 0 aliphatic carbocycles. The number of hydrogen-bond acceptors (Lipinski definition) is 5. The van der Waals surface area contributed by atoms with E-state index in [9.17, 15) is 23.7 Å². The van der Waals surface area contributed by atoms with E-state index in [1.807, 2.05) is 5.43 Å². The molecule has 0 fully saturated rings. The summed E-state index contributed by atoms with van der Waals surface area (Å²) in [5.74, 6) is -3.42. The molecule has 21 heavy (non-hydrogen) atoms. The van der Waals surface area contributed by atoms with E-state index < -0.39 is 28.3 Å². The van der Waals surface area contributed by atoms with Crippen molar-refractivity contribution < 1.29 is 22.9 Å². The van der Waals surface area contributed by atoms with E-state index in [0.717, 1.165) is 30.5 Å². The lowest BCUT2D eigenvalue weighted by Crippen LogP contribution is -2.17. The fourth-order valence-electron chi connectivity index (χ4n) is 1.37. The van der Waals surface area contributed by atoms with E-state index in [1.54, 1.807) is 0 Å². The first-order valence-corrected chi connectivity index (χ1v) is 5.50. The van der Waals surface area contributed by atoms with E-state index in [-0.39, 0.29) is 11.3 Å². The minimum absolute atomic E-state index is 0.0484. The summed E-state index contributed by atoms with van der Waals surface area (Å²) < 4.78 is 30.4. The van der Waals surface area contributed by atoms with E-state index in [0.29, 0.717) is 0 Å². The number of furan rings is 1. The minimum atomic E-state index is -1.16. The standard InChI is InChI=1S/C12H7F2N3O4/c13-9-3-1-7(5-10(9)14)12(18)16-15-6-8-2-4-11(21-8)17(19)20/h1-6H,(H,16,18). The molecule has 7 nitrogen and oxygen atoms in total. The number of hydrazone groups is 1. The second kappa shape index (κ2) is 5.90. The third-order valence-electron chi connectivity index (χ3n) is 2.33. The molecule has 2 rings (SSSR count). The molecule has 0 atom stereocenters. The largest absolute Gasteiger partial charge is 0.433 e. The van der Waals surface area contributed by atoms with E-state index >= 15 is 0 Å². The highest BCUT2D eigenvalue weighted by Gasteiger charge is 2.11. The molecule has 0 aliphatic rings. The van der Waals surface area contributed by atoms with E-state index in [1.165, 1.54) is 6.07 Å². The molecule has 2 aromatic rings. The summed E-state index contributed by atoms with van der Waals surface area (Å²) in [6.45, 7) is 0. The fourth-order valence-corrected chi connectivity index (χ4v) is 1.37. The van der Waals surface area contributed by atoms with Crippen molar-refractivity contribution in [1.29, 1.82) is 0 Å². The first-order chi connectivity index (χ1) is 9.97. The first kappa shape index (κ1) is 14.3. The Morgan fingerprint density at radius 3 is 2.67 bits per heavy atom. The van der Waals surface area contributed by atoms with Gasteiger partial charge in [0.25, 0.3) is 5.91 Å². The molecular formula is C12H7F2N3O4. The first-order valence-electron chi connectivity index (χ1n) is 5.50. The van der Waals surface area contributed by atoms with E-state index in [2.05, 4.69) is 5.10 Å².